The second kappa shape index (κ2) is 13.5. The number of rotatable bonds is 7. The first-order chi connectivity index (χ1) is 14.2. The molecule has 0 aromatic heterocycles. The maximum absolute atomic E-state index is 11.4. The number of alkyl halides is 2. The van der Waals surface area contributed by atoms with Crippen LogP contribution in [-0.2, 0) is 19.1 Å². The summed E-state index contributed by atoms with van der Waals surface area (Å²) < 4.78 is 9.16. The third kappa shape index (κ3) is 8.54. The predicted molar refractivity (Wildman–Crippen MR) is 131 cm³/mol. The van der Waals surface area contributed by atoms with Gasteiger partial charge in [-0.3, -0.25) is 19.7 Å². The number of carbonyl (C=O) groups excluding carboxylic acids is 2. The largest absolute Gasteiger partial charge is 0.465 e. The van der Waals surface area contributed by atoms with Gasteiger partial charge in [0.05, 0.1) is 18.1 Å². The summed E-state index contributed by atoms with van der Waals surface area (Å²) in [4.78, 5) is 32.8. The van der Waals surface area contributed by atoms with Crippen LogP contribution in [0.3, 0.4) is 0 Å². The first kappa shape index (κ1) is 26.3. The molecule has 0 aliphatic carbocycles. The fourth-order valence-electron chi connectivity index (χ4n) is 2.20. The lowest BCUT2D eigenvalue weighted by molar-refractivity contribution is -0.384. The number of nitro groups is 1. The van der Waals surface area contributed by atoms with Gasteiger partial charge in [-0.25, -0.2) is 0 Å². The Morgan fingerprint density at radius 3 is 1.57 bits per heavy atom. The average Bonchev–Trinajstić information content (AvgIpc) is 2.74. The second-order valence-corrected chi connectivity index (χ2v) is 8.48. The fraction of sp³-hybridized carbons (Fsp3) is 0.333. The molecule has 7 nitrogen and oxygen atoms in total. The molecule has 30 heavy (non-hydrogen) atoms. The van der Waals surface area contributed by atoms with E-state index >= 15 is 0 Å². The molecule has 0 fully saturated rings. The molecule has 162 valence electrons. The predicted octanol–water partition coefficient (Wildman–Crippen LogP) is 5.67. The number of nitro benzene ring substituents is 1. The zero-order valence-electron chi connectivity index (χ0n) is 16.8. The number of hydrogen-bond donors (Lipinski definition) is 0. The number of aryl methyl sites for hydroxylation is 1. The van der Waals surface area contributed by atoms with Gasteiger partial charge >= 0.3 is 11.9 Å². The number of hydrogen-bond acceptors (Lipinski definition) is 6. The topological polar surface area (TPSA) is 95.7 Å². The summed E-state index contributed by atoms with van der Waals surface area (Å²) in [5.74, 6) is -0.506. The van der Waals surface area contributed by atoms with Crippen molar-refractivity contribution < 1.29 is 24.0 Å². The molecule has 2 rings (SSSR count). The molecular weight excluding hydrogens is 616 g/mol. The lowest BCUT2D eigenvalue weighted by Crippen LogP contribution is -2.10. The van der Waals surface area contributed by atoms with Gasteiger partial charge in [0.1, 0.15) is 7.85 Å². The molecule has 0 radical (unpaired) electrons. The molecule has 0 heterocycles. The SMILES string of the molecule is CCOC(=O)C(I)c1ccc(C)cc1.CCOC(=O)C(I)c1ccc([N+](=O)[O-])cc1. The zero-order chi connectivity index (χ0) is 22.7. The minimum atomic E-state index is -0.476. The van der Waals surface area contributed by atoms with Gasteiger partial charge in [-0.1, -0.05) is 87.1 Å². The summed E-state index contributed by atoms with van der Waals surface area (Å²) in [6.07, 6.45) is 0. The van der Waals surface area contributed by atoms with Crippen molar-refractivity contribution in [3.8, 4) is 0 Å². The van der Waals surface area contributed by atoms with Crippen LogP contribution in [0, 0.1) is 17.0 Å². The van der Waals surface area contributed by atoms with E-state index in [0.717, 1.165) is 5.56 Å². The number of carbonyl (C=O) groups is 2. The third-order valence-electron chi connectivity index (χ3n) is 3.75. The molecule has 0 bridgehead atoms. The van der Waals surface area contributed by atoms with Gasteiger partial charge in [0.2, 0.25) is 0 Å². The molecule has 2 aromatic carbocycles. The highest BCUT2D eigenvalue weighted by molar-refractivity contribution is 14.1. The third-order valence-corrected chi connectivity index (χ3v) is 6.21. The molecule has 2 aromatic rings. The molecule has 0 spiro atoms. The lowest BCUT2D eigenvalue weighted by atomic mass is 10.1. The number of non-ortho nitro benzene ring substituents is 1. The van der Waals surface area contributed by atoms with Crippen molar-refractivity contribution in [1.82, 2.24) is 0 Å². The Balaban J connectivity index is 0.000000303. The van der Waals surface area contributed by atoms with Gasteiger partial charge in [-0.2, -0.15) is 0 Å². The highest BCUT2D eigenvalue weighted by Crippen LogP contribution is 2.26. The van der Waals surface area contributed by atoms with Crippen molar-refractivity contribution in [1.29, 1.82) is 0 Å². The summed E-state index contributed by atoms with van der Waals surface area (Å²) in [5.41, 5.74) is 2.90. The normalized spacial score (nSPS) is 12.0. The standard InChI is InChI=1S/C11H13IO2.C10H10INO4/c1-3-14-11(13)10(12)9-6-4-8(2)5-7-9;1-2-16-10(13)9(11)7-3-5-8(6-4-7)12(14)15/h4-7,10H,3H2,1-2H3;3-6,9H,2H2,1H3. The molecule has 0 aliphatic rings. The highest BCUT2D eigenvalue weighted by atomic mass is 127. The van der Waals surface area contributed by atoms with Crippen LogP contribution in [0.2, 0.25) is 0 Å². The van der Waals surface area contributed by atoms with Crippen LogP contribution in [0.15, 0.2) is 48.5 Å². The Morgan fingerprint density at radius 1 is 0.867 bits per heavy atom. The Bertz CT molecular complexity index is 840. The van der Waals surface area contributed by atoms with E-state index in [1.807, 2.05) is 60.7 Å². The van der Waals surface area contributed by atoms with Crippen LogP contribution in [0.25, 0.3) is 0 Å². The quantitative estimate of drug-likeness (QED) is 0.128. The van der Waals surface area contributed by atoms with Crippen LogP contribution >= 0.6 is 45.2 Å². The van der Waals surface area contributed by atoms with Crippen LogP contribution in [-0.4, -0.2) is 30.1 Å². The Kier molecular flexibility index (Phi) is 11.8. The molecule has 0 aliphatic heterocycles. The summed E-state index contributed by atoms with van der Waals surface area (Å²) in [6, 6.07) is 13.8. The Labute approximate surface area is 203 Å². The van der Waals surface area contributed by atoms with Gasteiger partial charge in [0, 0.05) is 12.1 Å². The van der Waals surface area contributed by atoms with Gasteiger partial charge in [-0.05, 0) is 31.9 Å². The van der Waals surface area contributed by atoms with E-state index < -0.39 is 8.85 Å². The van der Waals surface area contributed by atoms with E-state index in [0.29, 0.717) is 18.8 Å². The van der Waals surface area contributed by atoms with Crippen LogP contribution in [0.1, 0.15) is 38.4 Å². The summed E-state index contributed by atoms with van der Waals surface area (Å²) in [6.45, 7) is 6.33. The van der Waals surface area contributed by atoms with E-state index in [1.165, 1.54) is 17.7 Å². The van der Waals surface area contributed by atoms with Crippen LogP contribution in [0.5, 0.6) is 0 Å². The van der Waals surface area contributed by atoms with Crippen LogP contribution < -0.4 is 0 Å². The Morgan fingerprint density at radius 2 is 1.23 bits per heavy atom. The number of benzene rings is 2. The number of esters is 2. The van der Waals surface area contributed by atoms with Crippen LogP contribution in [0.4, 0.5) is 5.69 Å². The molecule has 0 amide bonds. The minimum absolute atomic E-state index is 0.0104. The molecule has 0 N–H and O–H groups in total. The van der Waals surface area contributed by atoms with Crippen molar-refractivity contribution in [2.75, 3.05) is 13.2 Å². The van der Waals surface area contributed by atoms with Crippen molar-refractivity contribution in [3.05, 3.63) is 75.3 Å². The molecule has 9 heteroatoms. The maximum atomic E-state index is 11.4. The lowest BCUT2D eigenvalue weighted by Gasteiger charge is -2.09. The zero-order valence-corrected chi connectivity index (χ0v) is 21.2. The fourth-order valence-corrected chi connectivity index (χ4v) is 3.39. The number of halogens is 2. The molecule has 0 saturated heterocycles. The van der Waals surface area contributed by atoms with Gasteiger partial charge in [0.25, 0.3) is 5.69 Å². The van der Waals surface area contributed by atoms with Crippen molar-refractivity contribution >= 4 is 62.8 Å². The van der Waals surface area contributed by atoms with E-state index in [-0.39, 0.29) is 21.6 Å². The summed E-state index contributed by atoms with van der Waals surface area (Å²) >= 11 is 4.04. The van der Waals surface area contributed by atoms with Crippen molar-refractivity contribution in [2.24, 2.45) is 0 Å². The first-order valence-corrected chi connectivity index (χ1v) is 11.6. The smallest absolute Gasteiger partial charge is 0.323 e. The summed E-state index contributed by atoms with van der Waals surface area (Å²) in [5, 5.41) is 10.4. The maximum Gasteiger partial charge on any atom is 0.323 e. The molecule has 2 unspecified atom stereocenters. The average molecular weight is 639 g/mol. The van der Waals surface area contributed by atoms with E-state index in [1.54, 1.807) is 19.1 Å². The highest BCUT2D eigenvalue weighted by Gasteiger charge is 2.19. The van der Waals surface area contributed by atoms with Gasteiger partial charge in [0.15, 0.2) is 0 Å². The molecular formula is C21H23I2NO6. The monoisotopic (exact) mass is 639 g/mol. The summed E-state index contributed by atoms with van der Waals surface area (Å²) in [7, 11) is 0. The second-order valence-electron chi connectivity index (χ2n) is 5.99. The van der Waals surface area contributed by atoms with Crippen molar-refractivity contribution in [3.63, 3.8) is 0 Å². The molecule has 0 saturated carbocycles. The van der Waals surface area contributed by atoms with E-state index in [2.05, 4.69) is 22.6 Å². The van der Waals surface area contributed by atoms with E-state index in [4.69, 9.17) is 9.47 Å². The Hall–Kier alpha value is -1.76. The van der Waals surface area contributed by atoms with Crippen molar-refractivity contribution in [2.45, 2.75) is 28.6 Å². The number of ether oxygens (including phenoxy) is 2. The molecule has 2 atom stereocenters. The van der Waals surface area contributed by atoms with Gasteiger partial charge < -0.3 is 9.47 Å². The number of nitrogens with zero attached hydrogens (tertiary/aromatic N) is 1. The first-order valence-electron chi connectivity index (χ1n) is 9.13. The van der Waals surface area contributed by atoms with E-state index in [9.17, 15) is 19.7 Å². The minimum Gasteiger partial charge on any atom is -0.465 e. The van der Waals surface area contributed by atoms with Gasteiger partial charge in [-0.15, -0.1) is 0 Å².